The third-order valence-electron chi connectivity index (χ3n) is 7.60. The van der Waals surface area contributed by atoms with Crippen LogP contribution in [0, 0.1) is 0 Å². The van der Waals surface area contributed by atoms with Crippen LogP contribution in [0.25, 0.3) is 11.2 Å². The molecule has 0 spiro atoms. The van der Waals surface area contributed by atoms with E-state index < -0.39 is 74.8 Å². The molecule has 4 aliphatic heterocycles. The second-order valence-corrected chi connectivity index (χ2v) is 16.3. The molecule has 3 aromatic rings. The van der Waals surface area contributed by atoms with Gasteiger partial charge in [0.2, 0.25) is 5.95 Å². The van der Waals surface area contributed by atoms with Gasteiger partial charge in [-0.1, -0.05) is 12.2 Å². The number of hydrogen-bond acceptors (Lipinski definition) is 18. The van der Waals surface area contributed by atoms with Gasteiger partial charge in [-0.15, -0.1) is 5.53 Å². The first-order chi connectivity index (χ1) is 21.2. The zero-order chi connectivity index (χ0) is 31.9. The highest BCUT2D eigenvalue weighted by Gasteiger charge is 2.55. The third kappa shape index (κ3) is 5.59. The number of hydrazine groups is 2. The number of fused-ring (bicyclic) bond motifs is 5. The fourth-order valence-electron chi connectivity index (χ4n) is 5.42. The van der Waals surface area contributed by atoms with Gasteiger partial charge in [-0.2, -0.15) is 4.98 Å². The number of ether oxygens (including phenoxy) is 2. The number of nitrogens with two attached hydrogens (primary N) is 2. The molecule has 0 radical (unpaired) electrons. The Morgan fingerprint density at radius 2 is 2.07 bits per heavy atom. The molecule has 7 rings (SSSR count). The Morgan fingerprint density at radius 1 is 1.27 bits per heavy atom. The number of nitrogens with zero attached hydrogens (tertiary/aromatic N) is 6. The number of hydrogen-bond donors (Lipinski definition) is 7. The van der Waals surface area contributed by atoms with E-state index in [-0.39, 0.29) is 29.7 Å². The minimum Gasteiger partial charge on any atom is -0.382 e. The first kappa shape index (κ1) is 31.1. The van der Waals surface area contributed by atoms with Crippen LogP contribution in [0.15, 0.2) is 17.4 Å². The summed E-state index contributed by atoms with van der Waals surface area (Å²) in [6, 6.07) is 0. The minimum atomic E-state index is -4.26. The zero-order valence-electron chi connectivity index (χ0n) is 22.9. The largest absolute Gasteiger partial charge is 0.386 e. The minimum absolute atomic E-state index is 0.0456. The average molecular weight is 710 g/mol. The Kier molecular flexibility index (Phi) is 7.62. The second kappa shape index (κ2) is 11.0. The van der Waals surface area contributed by atoms with E-state index in [4.69, 9.17) is 50.8 Å². The molecule has 0 aromatic carbocycles. The molecule has 2 unspecified atom stereocenters. The molecule has 9 atom stereocenters. The van der Waals surface area contributed by atoms with E-state index >= 15 is 4.39 Å². The van der Waals surface area contributed by atoms with Crippen LogP contribution in [0.4, 0.5) is 27.7 Å². The van der Waals surface area contributed by atoms with E-state index in [9.17, 15) is 14.3 Å². The Bertz CT molecular complexity index is 1820. The van der Waals surface area contributed by atoms with Gasteiger partial charge in [0.25, 0.3) is 5.56 Å². The molecule has 3 fully saturated rings. The van der Waals surface area contributed by atoms with Crippen molar-refractivity contribution in [1.29, 1.82) is 0 Å². The molecule has 244 valence electrons. The van der Waals surface area contributed by atoms with E-state index in [1.807, 2.05) is 0 Å². The summed E-state index contributed by atoms with van der Waals surface area (Å²) in [7, 11) is 0. The van der Waals surface area contributed by atoms with Gasteiger partial charge in [0.15, 0.2) is 35.4 Å². The Morgan fingerprint density at radius 3 is 2.87 bits per heavy atom. The quantitative estimate of drug-likeness (QED) is 0.139. The number of H-pyrrole nitrogens is 1. The molecule has 0 amide bonds. The highest BCUT2D eigenvalue weighted by Crippen LogP contribution is 2.59. The molecule has 45 heavy (non-hydrogen) atoms. The van der Waals surface area contributed by atoms with Crippen molar-refractivity contribution in [3.8, 4) is 0 Å². The van der Waals surface area contributed by atoms with Gasteiger partial charge >= 0.3 is 13.5 Å². The van der Waals surface area contributed by atoms with Crippen LogP contribution in [0.5, 0.6) is 0 Å². The van der Waals surface area contributed by atoms with Crippen LogP contribution in [0.2, 0.25) is 0 Å². The van der Waals surface area contributed by atoms with Gasteiger partial charge in [0.1, 0.15) is 42.0 Å². The van der Waals surface area contributed by atoms with Crippen molar-refractivity contribution in [3.63, 3.8) is 0 Å². The summed E-state index contributed by atoms with van der Waals surface area (Å²) in [6.45, 7) is -7.99. The summed E-state index contributed by atoms with van der Waals surface area (Å²) in [5.41, 5.74) is 15.5. The maximum absolute atomic E-state index is 15.9. The van der Waals surface area contributed by atoms with Crippen LogP contribution in [0.3, 0.4) is 0 Å². The normalized spacial score (nSPS) is 38.6. The standard InChI is InChI=1S/C20H26FN11O9P2S2/c1-20-4-37-43(35,45)41-13-10(21)7(38-18(13)32-16-12(29-30-32)17(33)28-19(23)27-16)3-36-42(34,44)40-8(20)2-9(39-20)31-6-26-11-14(22)24-5-25-15(11)31/h5-10,13,18,29-30H,2-4H2,1H3,(H,34,44)(H,35,45)(H2,22,24,25)(H3,23,27,28,33)/t7-,8+,9-,10+,13-,18-,20-,42?,43?/m1/s1. The number of aromatic nitrogens is 6. The van der Waals surface area contributed by atoms with Gasteiger partial charge in [-0.3, -0.25) is 33.3 Å². The number of aromatic amines is 1. The highest BCUT2D eigenvalue weighted by molar-refractivity contribution is 8.44. The van der Waals surface area contributed by atoms with E-state index in [1.165, 1.54) is 12.7 Å². The van der Waals surface area contributed by atoms with Gasteiger partial charge < -0.3 is 30.4 Å². The lowest BCUT2D eigenvalue weighted by Crippen LogP contribution is -2.51. The van der Waals surface area contributed by atoms with E-state index in [2.05, 4.69) is 48.1 Å². The maximum Gasteiger partial charge on any atom is 0.386 e. The first-order valence-corrected chi connectivity index (χ1v) is 18.4. The zero-order valence-corrected chi connectivity index (χ0v) is 26.4. The Hall–Kier alpha value is -2.53. The topological polar surface area (TPSA) is 261 Å². The predicted octanol–water partition coefficient (Wildman–Crippen LogP) is 0.238. The molecule has 8 N–H and O–H groups in total. The lowest BCUT2D eigenvalue weighted by atomic mass is 10.0. The van der Waals surface area contributed by atoms with E-state index in [0.717, 1.165) is 5.01 Å². The number of imidazole rings is 1. The van der Waals surface area contributed by atoms with E-state index in [0.29, 0.717) is 11.2 Å². The molecule has 3 aromatic heterocycles. The van der Waals surface area contributed by atoms with Crippen LogP contribution in [0.1, 0.15) is 19.6 Å². The van der Waals surface area contributed by atoms with Crippen molar-refractivity contribution in [2.75, 3.05) is 35.1 Å². The van der Waals surface area contributed by atoms with Crippen molar-refractivity contribution < 1.29 is 41.4 Å². The third-order valence-corrected chi connectivity index (χ3v) is 10.8. The number of thiol groups is 1. The lowest BCUT2D eigenvalue weighted by molar-refractivity contribution is -0.110. The molecule has 25 heteroatoms. The van der Waals surface area contributed by atoms with Crippen LogP contribution in [-0.4, -0.2) is 83.9 Å². The van der Waals surface area contributed by atoms with Crippen molar-refractivity contribution in [1.82, 2.24) is 35.0 Å². The van der Waals surface area contributed by atoms with Crippen molar-refractivity contribution in [2.24, 2.45) is 0 Å². The summed E-state index contributed by atoms with van der Waals surface area (Å²) >= 11 is 9.39. The molecule has 0 saturated carbocycles. The molecule has 3 saturated heterocycles. The van der Waals surface area contributed by atoms with Crippen molar-refractivity contribution in [3.05, 3.63) is 23.0 Å². The van der Waals surface area contributed by atoms with E-state index in [1.54, 1.807) is 11.5 Å². The van der Waals surface area contributed by atoms with Gasteiger partial charge in [0, 0.05) is 6.42 Å². The first-order valence-electron chi connectivity index (χ1n) is 13.2. The fourth-order valence-corrected chi connectivity index (χ4v) is 8.45. The van der Waals surface area contributed by atoms with Gasteiger partial charge in [-0.05, 0) is 18.7 Å². The second-order valence-electron chi connectivity index (χ2n) is 10.6. The molecule has 7 heterocycles. The smallest absolute Gasteiger partial charge is 0.382 e. The summed E-state index contributed by atoms with van der Waals surface area (Å²) in [5, 5.41) is 1.13. The number of rotatable bonds is 2. The summed E-state index contributed by atoms with van der Waals surface area (Å²) in [4.78, 5) is 42.3. The lowest BCUT2D eigenvalue weighted by Gasteiger charge is -2.34. The molecule has 0 aliphatic carbocycles. The molecular weight excluding hydrogens is 683 g/mol. The van der Waals surface area contributed by atoms with Crippen molar-refractivity contribution >= 4 is 72.0 Å². The number of nitrogens with one attached hydrogen (secondary N) is 3. The van der Waals surface area contributed by atoms with Crippen LogP contribution < -0.4 is 33.0 Å². The molecule has 20 nitrogen and oxygen atoms in total. The summed E-state index contributed by atoms with van der Waals surface area (Å²) in [6.07, 6.45) is -5.54. The monoisotopic (exact) mass is 709 g/mol. The SMILES string of the molecule is C[C@@]12COP(O)(=S)O[C@@H]3[C@@H](F)[C@@H](COP(=O)(S)O[C@H]1C[C@H](n1cnc4c(N)ncnc41)O2)O[C@H]3N1NNc2c1nc(N)[nH]c2=O. The highest BCUT2D eigenvalue weighted by atomic mass is 32.7. The number of alkyl halides is 1. The number of nitrogen functional groups attached to an aromatic ring is 2. The molecular formula is C20H26FN11O9P2S2. The number of halogens is 1. The Labute approximate surface area is 262 Å². The maximum atomic E-state index is 15.9. The number of anilines is 4. The summed E-state index contributed by atoms with van der Waals surface area (Å²) < 4.78 is 65.8. The van der Waals surface area contributed by atoms with Gasteiger partial charge in [0.05, 0.1) is 19.5 Å². The molecule has 4 aliphatic rings. The summed E-state index contributed by atoms with van der Waals surface area (Å²) in [5.74, 6) is -0.128. The molecule has 2 bridgehead atoms. The van der Waals surface area contributed by atoms with Gasteiger partial charge in [-0.25, -0.2) is 28.9 Å². The van der Waals surface area contributed by atoms with Crippen LogP contribution in [-0.2, 0) is 43.9 Å². The Balaban J connectivity index is 1.19. The fraction of sp³-hybridized carbons (Fsp3) is 0.550. The predicted molar refractivity (Wildman–Crippen MR) is 160 cm³/mol. The van der Waals surface area contributed by atoms with Crippen molar-refractivity contribution in [2.45, 2.75) is 55.9 Å². The average Bonchev–Trinajstić information content (AvgIpc) is 3.72. The van der Waals surface area contributed by atoms with Crippen LogP contribution >= 0.6 is 25.8 Å².